The predicted octanol–water partition coefficient (Wildman–Crippen LogP) is 3.09. The highest BCUT2D eigenvalue weighted by Gasteiger charge is 2.25. The van der Waals surface area contributed by atoms with Crippen LogP contribution in [-0.4, -0.2) is 30.3 Å². The van der Waals surface area contributed by atoms with Gasteiger partial charge in [-0.05, 0) is 17.9 Å². The highest BCUT2D eigenvalue weighted by molar-refractivity contribution is 7.98. The van der Waals surface area contributed by atoms with Crippen molar-refractivity contribution in [2.24, 2.45) is 5.92 Å². The Labute approximate surface area is 152 Å². The van der Waals surface area contributed by atoms with Crippen LogP contribution in [0.15, 0.2) is 35.6 Å². The summed E-state index contributed by atoms with van der Waals surface area (Å²) in [6.07, 6.45) is 3.03. The van der Waals surface area contributed by atoms with Crippen LogP contribution in [0.1, 0.15) is 35.0 Å². The summed E-state index contributed by atoms with van der Waals surface area (Å²) >= 11 is 1.42. The molecular formula is C17H15N5O3S. The molecule has 2 aromatic heterocycles. The van der Waals surface area contributed by atoms with Crippen LogP contribution in [0.5, 0.6) is 0 Å². The third-order valence-corrected chi connectivity index (χ3v) is 5.19. The number of nitrogens with zero attached hydrogens (tertiary/aromatic N) is 5. The molecule has 2 heterocycles. The van der Waals surface area contributed by atoms with Gasteiger partial charge in [0.2, 0.25) is 5.16 Å². The Kier molecular flexibility index (Phi) is 4.15. The summed E-state index contributed by atoms with van der Waals surface area (Å²) in [5.74, 6) is 1.47. The third kappa shape index (κ3) is 3.17. The second kappa shape index (κ2) is 6.49. The largest absolute Gasteiger partial charge is 0.294 e. The van der Waals surface area contributed by atoms with Crippen LogP contribution < -0.4 is 0 Å². The molecule has 1 aliphatic rings. The van der Waals surface area contributed by atoms with Crippen LogP contribution in [0.25, 0.3) is 5.78 Å². The molecule has 9 heteroatoms. The molecule has 1 atom stereocenters. The molecule has 1 aliphatic carbocycles. The first-order valence-electron chi connectivity index (χ1n) is 8.15. The number of ketones is 1. The van der Waals surface area contributed by atoms with E-state index in [9.17, 15) is 14.9 Å². The predicted molar refractivity (Wildman–Crippen MR) is 95.3 cm³/mol. The van der Waals surface area contributed by atoms with Crippen molar-refractivity contribution < 1.29 is 9.72 Å². The van der Waals surface area contributed by atoms with Gasteiger partial charge in [-0.25, -0.2) is 9.50 Å². The first-order chi connectivity index (χ1) is 12.5. The first kappa shape index (κ1) is 16.6. The average molecular weight is 369 g/mol. The molecule has 0 amide bonds. The molecule has 0 spiro atoms. The van der Waals surface area contributed by atoms with E-state index in [4.69, 9.17) is 0 Å². The van der Waals surface area contributed by atoms with Crippen LogP contribution in [0.4, 0.5) is 5.69 Å². The van der Waals surface area contributed by atoms with Crippen molar-refractivity contribution in [2.75, 3.05) is 0 Å². The molecule has 0 N–H and O–H groups in total. The topological polar surface area (TPSA) is 103 Å². The number of carbonyl (C=O) groups excluding carboxylic acids is 1. The number of nitro groups is 1. The van der Waals surface area contributed by atoms with Crippen molar-refractivity contribution >= 4 is 29.0 Å². The van der Waals surface area contributed by atoms with E-state index in [2.05, 4.69) is 15.1 Å². The second-order valence-electron chi connectivity index (χ2n) is 6.39. The molecular weight excluding hydrogens is 354 g/mol. The Morgan fingerprint density at radius 1 is 1.27 bits per heavy atom. The molecule has 0 aliphatic heterocycles. The summed E-state index contributed by atoms with van der Waals surface area (Å²) in [6, 6.07) is 6.40. The minimum atomic E-state index is -0.420. The number of nitro benzene ring substituents is 1. The minimum Gasteiger partial charge on any atom is -0.294 e. The maximum absolute atomic E-state index is 12.2. The highest BCUT2D eigenvalue weighted by atomic mass is 32.2. The average Bonchev–Trinajstić information content (AvgIpc) is 3.00. The van der Waals surface area contributed by atoms with E-state index in [1.807, 2.05) is 6.92 Å². The van der Waals surface area contributed by atoms with Crippen molar-refractivity contribution in [3.05, 3.63) is 57.4 Å². The minimum absolute atomic E-state index is 0.0679. The number of benzene rings is 1. The van der Waals surface area contributed by atoms with E-state index >= 15 is 0 Å². The van der Waals surface area contributed by atoms with E-state index in [0.29, 0.717) is 34.6 Å². The van der Waals surface area contributed by atoms with Crippen LogP contribution in [0.3, 0.4) is 0 Å². The zero-order valence-electron chi connectivity index (χ0n) is 14.0. The van der Waals surface area contributed by atoms with Gasteiger partial charge in [0.05, 0.1) is 16.2 Å². The summed E-state index contributed by atoms with van der Waals surface area (Å²) in [7, 11) is 0. The first-order valence-corrected chi connectivity index (χ1v) is 9.14. The fraction of sp³-hybridized carbons (Fsp3) is 0.294. The number of rotatable bonds is 4. The lowest BCUT2D eigenvalue weighted by atomic mass is 9.88. The number of non-ortho nitro benzene ring substituents is 1. The molecule has 0 unspecified atom stereocenters. The lowest BCUT2D eigenvalue weighted by Crippen LogP contribution is -2.20. The van der Waals surface area contributed by atoms with Crippen LogP contribution >= 0.6 is 11.8 Å². The van der Waals surface area contributed by atoms with E-state index < -0.39 is 4.92 Å². The molecule has 4 rings (SSSR count). The van der Waals surface area contributed by atoms with Gasteiger partial charge in [-0.3, -0.25) is 14.9 Å². The normalized spacial score (nSPS) is 16.7. The van der Waals surface area contributed by atoms with Gasteiger partial charge in [0.1, 0.15) is 0 Å². The summed E-state index contributed by atoms with van der Waals surface area (Å²) < 4.78 is 1.55. The lowest BCUT2D eigenvalue weighted by Gasteiger charge is -2.18. The fourth-order valence-electron chi connectivity index (χ4n) is 2.98. The van der Waals surface area contributed by atoms with Gasteiger partial charge in [0.25, 0.3) is 11.5 Å². The standard InChI is InChI=1S/C17H15N5O3S/c1-10-6-14-13(15(23)7-10)8-21-16(18-14)19-17(20-21)26-9-11-2-4-12(5-3-11)22(24)25/h2-5,8,10H,6-7,9H2,1H3/t10-/m1/s1. The molecule has 1 aromatic carbocycles. The number of aromatic nitrogens is 4. The number of hydrogen-bond donors (Lipinski definition) is 0. The van der Waals surface area contributed by atoms with E-state index in [1.165, 1.54) is 23.9 Å². The van der Waals surface area contributed by atoms with Gasteiger partial charge in [0, 0.05) is 30.5 Å². The molecule has 0 saturated carbocycles. The van der Waals surface area contributed by atoms with Crippen molar-refractivity contribution in [3.8, 4) is 0 Å². The Bertz CT molecular complexity index is 1020. The quantitative estimate of drug-likeness (QED) is 0.395. The number of thioether (sulfide) groups is 1. The zero-order chi connectivity index (χ0) is 18.3. The number of hydrogen-bond acceptors (Lipinski definition) is 7. The molecule has 132 valence electrons. The summed E-state index contributed by atoms with van der Waals surface area (Å²) in [6.45, 7) is 2.04. The van der Waals surface area contributed by atoms with Gasteiger partial charge in [-0.15, -0.1) is 5.10 Å². The second-order valence-corrected chi connectivity index (χ2v) is 7.33. The monoisotopic (exact) mass is 369 g/mol. The Hall–Kier alpha value is -2.81. The summed E-state index contributed by atoms with van der Waals surface area (Å²) in [5.41, 5.74) is 2.43. The summed E-state index contributed by atoms with van der Waals surface area (Å²) in [4.78, 5) is 31.4. The Morgan fingerprint density at radius 2 is 2.04 bits per heavy atom. The Morgan fingerprint density at radius 3 is 2.77 bits per heavy atom. The SMILES string of the molecule is C[C@H]1CC(=O)c2cn3nc(SCc4ccc([N+](=O)[O-])cc4)nc3nc2C1. The van der Waals surface area contributed by atoms with Crippen molar-refractivity contribution in [1.82, 2.24) is 19.6 Å². The van der Waals surface area contributed by atoms with Gasteiger partial charge in [-0.2, -0.15) is 4.98 Å². The highest BCUT2D eigenvalue weighted by Crippen LogP contribution is 2.26. The maximum atomic E-state index is 12.2. The number of Topliss-reactive ketones (excluding diaryl/α,β-unsaturated/α-hetero) is 1. The van der Waals surface area contributed by atoms with Gasteiger partial charge < -0.3 is 0 Å². The van der Waals surface area contributed by atoms with Crippen LogP contribution in [0.2, 0.25) is 0 Å². The van der Waals surface area contributed by atoms with E-state index in [-0.39, 0.29) is 11.5 Å². The molecule has 0 bridgehead atoms. The van der Waals surface area contributed by atoms with E-state index in [0.717, 1.165) is 17.7 Å². The molecule has 0 saturated heterocycles. The molecule has 26 heavy (non-hydrogen) atoms. The van der Waals surface area contributed by atoms with Crippen molar-refractivity contribution in [1.29, 1.82) is 0 Å². The summed E-state index contributed by atoms with van der Waals surface area (Å²) in [5, 5.41) is 15.6. The maximum Gasteiger partial charge on any atom is 0.269 e. The third-order valence-electron chi connectivity index (χ3n) is 4.28. The fourth-order valence-corrected chi connectivity index (χ4v) is 3.76. The number of carbonyl (C=O) groups is 1. The lowest BCUT2D eigenvalue weighted by molar-refractivity contribution is -0.384. The van der Waals surface area contributed by atoms with Crippen LogP contribution in [0, 0.1) is 16.0 Å². The van der Waals surface area contributed by atoms with Gasteiger partial charge in [0.15, 0.2) is 5.78 Å². The van der Waals surface area contributed by atoms with Crippen molar-refractivity contribution in [2.45, 2.75) is 30.7 Å². The van der Waals surface area contributed by atoms with Crippen molar-refractivity contribution in [3.63, 3.8) is 0 Å². The van der Waals surface area contributed by atoms with Gasteiger partial charge in [-0.1, -0.05) is 30.8 Å². The zero-order valence-corrected chi connectivity index (χ0v) is 14.8. The number of fused-ring (bicyclic) bond motifs is 2. The molecule has 0 radical (unpaired) electrons. The van der Waals surface area contributed by atoms with Crippen LogP contribution in [-0.2, 0) is 12.2 Å². The van der Waals surface area contributed by atoms with E-state index in [1.54, 1.807) is 22.8 Å². The molecule has 8 nitrogen and oxygen atoms in total. The molecule has 3 aromatic rings. The smallest absolute Gasteiger partial charge is 0.269 e. The van der Waals surface area contributed by atoms with Gasteiger partial charge >= 0.3 is 0 Å². The Balaban J connectivity index is 1.54. The molecule has 0 fully saturated rings.